The fourth-order valence-corrected chi connectivity index (χ4v) is 4.46. The van der Waals surface area contributed by atoms with Gasteiger partial charge < -0.3 is 19.8 Å². The van der Waals surface area contributed by atoms with E-state index in [0.29, 0.717) is 16.9 Å². The Balaban J connectivity index is 1.83. The Morgan fingerprint density at radius 2 is 1.84 bits per heavy atom. The zero-order valence-electron chi connectivity index (χ0n) is 17.7. The molecule has 2 aromatic carbocycles. The number of aliphatic hydroxyl groups is 1. The van der Waals surface area contributed by atoms with E-state index in [0.717, 1.165) is 4.88 Å². The van der Waals surface area contributed by atoms with Crippen LogP contribution in [0.3, 0.4) is 0 Å². The van der Waals surface area contributed by atoms with Crippen LogP contribution in [0.2, 0.25) is 0 Å². The number of ether oxygens (including phenoxy) is 1. The van der Waals surface area contributed by atoms with E-state index in [1.54, 1.807) is 36.4 Å². The second-order valence-corrected chi connectivity index (χ2v) is 8.82. The summed E-state index contributed by atoms with van der Waals surface area (Å²) >= 11 is 1.49. The number of ketones is 1. The summed E-state index contributed by atoms with van der Waals surface area (Å²) in [5.41, 5.74) is 1.02. The third kappa shape index (κ3) is 4.24. The molecule has 1 amide bonds. The van der Waals surface area contributed by atoms with E-state index < -0.39 is 17.7 Å². The molecule has 1 unspecified atom stereocenters. The Bertz CT molecular complexity index is 1170. The van der Waals surface area contributed by atoms with E-state index in [2.05, 4.69) is 0 Å². The third-order valence-corrected chi connectivity index (χ3v) is 6.00. The minimum absolute atomic E-state index is 0.0129. The molecule has 1 aliphatic rings. The number of hydrogen-bond donors (Lipinski definition) is 2. The van der Waals surface area contributed by atoms with Crippen molar-refractivity contribution >= 4 is 28.8 Å². The quantitative estimate of drug-likeness (QED) is 0.319. The van der Waals surface area contributed by atoms with Gasteiger partial charge in [0.1, 0.15) is 17.3 Å². The summed E-state index contributed by atoms with van der Waals surface area (Å²) in [7, 11) is 0. The normalized spacial score (nSPS) is 17.8. The van der Waals surface area contributed by atoms with Crippen molar-refractivity contribution in [2.24, 2.45) is 0 Å². The molecule has 1 saturated heterocycles. The number of phenols is 1. The predicted octanol–water partition coefficient (Wildman–Crippen LogP) is 4.86. The van der Waals surface area contributed by atoms with E-state index in [1.807, 2.05) is 31.4 Å². The van der Waals surface area contributed by atoms with Gasteiger partial charge in [-0.2, -0.15) is 0 Å². The fourth-order valence-electron chi connectivity index (χ4n) is 3.76. The van der Waals surface area contributed by atoms with Gasteiger partial charge in [0.05, 0.1) is 24.3 Å². The van der Waals surface area contributed by atoms with Crippen molar-refractivity contribution < 1.29 is 24.5 Å². The van der Waals surface area contributed by atoms with E-state index >= 15 is 0 Å². The number of nitrogens with zero attached hydrogens (tertiary/aromatic N) is 1. The van der Waals surface area contributed by atoms with Crippen LogP contribution in [0.1, 0.15) is 35.9 Å². The standard InChI is InChI=1S/C25H23NO5S/c1-15(2)31-19-6-3-5-17(13-19)23(28)21-22(16-8-10-18(27)11-9-16)26(25(30)24(21)29)14-20-7-4-12-32-20/h3-13,15,22,27-28H,14H2,1-2H3/b23-21-. The topological polar surface area (TPSA) is 87.1 Å². The molecule has 7 heteroatoms. The van der Waals surface area contributed by atoms with Crippen LogP contribution >= 0.6 is 11.3 Å². The maximum absolute atomic E-state index is 13.1. The molecule has 2 heterocycles. The monoisotopic (exact) mass is 449 g/mol. The summed E-state index contributed by atoms with van der Waals surface area (Å²) in [6.45, 7) is 4.03. The van der Waals surface area contributed by atoms with Gasteiger partial charge in [-0.05, 0) is 55.1 Å². The number of phenolic OH excluding ortho intramolecular Hbond substituents is 1. The third-order valence-electron chi connectivity index (χ3n) is 5.13. The summed E-state index contributed by atoms with van der Waals surface area (Å²) in [6, 6.07) is 16.1. The van der Waals surface area contributed by atoms with Crippen molar-refractivity contribution in [2.45, 2.75) is 32.5 Å². The average molecular weight is 450 g/mol. The molecule has 0 bridgehead atoms. The van der Waals surface area contributed by atoms with Gasteiger partial charge in [0, 0.05) is 10.4 Å². The van der Waals surface area contributed by atoms with Crippen LogP contribution in [0.15, 0.2) is 71.6 Å². The Kier molecular flexibility index (Phi) is 6.01. The zero-order valence-corrected chi connectivity index (χ0v) is 18.5. The molecule has 4 rings (SSSR count). The highest BCUT2D eigenvalue weighted by Crippen LogP contribution is 2.41. The Morgan fingerprint density at radius 1 is 1.09 bits per heavy atom. The Hall–Kier alpha value is -3.58. The molecule has 0 saturated carbocycles. The fraction of sp³-hybridized carbons (Fsp3) is 0.200. The summed E-state index contributed by atoms with van der Waals surface area (Å²) in [4.78, 5) is 28.5. The van der Waals surface area contributed by atoms with E-state index in [1.165, 1.54) is 28.4 Å². The second kappa shape index (κ2) is 8.88. The Labute approximate surface area is 190 Å². The maximum Gasteiger partial charge on any atom is 0.295 e. The molecule has 2 N–H and O–H groups in total. The largest absolute Gasteiger partial charge is 0.508 e. The number of thiophene rings is 1. The summed E-state index contributed by atoms with van der Waals surface area (Å²) in [5, 5.41) is 22.8. The van der Waals surface area contributed by atoms with Gasteiger partial charge in [-0.25, -0.2) is 0 Å². The SMILES string of the molecule is CC(C)Oc1cccc(/C(O)=C2/C(=O)C(=O)N(Cc3cccs3)C2c2ccc(O)cc2)c1. The summed E-state index contributed by atoms with van der Waals surface area (Å²) < 4.78 is 5.71. The number of amides is 1. The van der Waals surface area contributed by atoms with Crippen molar-refractivity contribution in [1.29, 1.82) is 0 Å². The lowest BCUT2D eigenvalue weighted by Gasteiger charge is -2.25. The lowest BCUT2D eigenvalue weighted by molar-refractivity contribution is -0.140. The number of aliphatic hydroxyl groups excluding tert-OH is 1. The molecule has 1 aliphatic heterocycles. The summed E-state index contributed by atoms with van der Waals surface area (Å²) in [6.07, 6.45) is -0.0548. The first-order chi connectivity index (χ1) is 15.3. The smallest absolute Gasteiger partial charge is 0.295 e. The molecule has 6 nitrogen and oxygen atoms in total. The molecular weight excluding hydrogens is 426 g/mol. The van der Waals surface area contributed by atoms with Crippen LogP contribution in [0, 0.1) is 0 Å². The minimum Gasteiger partial charge on any atom is -0.508 e. The van der Waals surface area contributed by atoms with Crippen LogP contribution < -0.4 is 4.74 Å². The number of carbonyl (C=O) groups is 2. The van der Waals surface area contributed by atoms with Gasteiger partial charge in [-0.3, -0.25) is 9.59 Å². The number of carbonyl (C=O) groups excluding carboxylic acids is 2. The molecule has 1 atom stereocenters. The highest BCUT2D eigenvalue weighted by atomic mass is 32.1. The van der Waals surface area contributed by atoms with Gasteiger partial charge in [0.2, 0.25) is 0 Å². The molecule has 3 aromatic rings. The van der Waals surface area contributed by atoms with Gasteiger partial charge in [0.25, 0.3) is 11.7 Å². The number of Topliss-reactive ketones (excluding diaryl/α,β-unsaturated/α-hetero) is 1. The first-order valence-electron chi connectivity index (χ1n) is 10.2. The van der Waals surface area contributed by atoms with E-state index in [-0.39, 0.29) is 29.7 Å². The number of hydrogen-bond acceptors (Lipinski definition) is 6. The van der Waals surface area contributed by atoms with Crippen LogP contribution in [-0.4, -0.2) is 32.9 Å². The van der Waals surface area contributed by atoms with Crippen LogP contribution in [0.5, 0.6) is 11.5 Å². The lowest BCUT2D eigenvalue weighted by atomic mass is 9.95. The highest BCUT2D eigenvalue weighted by molar-refractivity contribution is 7.09. The van der Waals surface area contributed by atoms with E-state index in [4.69, 9.17) is 4.74 Å². The molecular formula is C25H23NO5S. The Morgan fingerprint density at radius 3 is 2.50 bits per heavy atom. The highest BCUT2D eigenvalue weighted by Gasteiger charge is 2.46. The summed E-state index contributed by atoms with van der Waals surface area (Å²) in [5.74, 6) is -1.05. The van der Waals surface area contributed by atoms with Gasteiger partial charge in [-0.15, -0.1) is 11.3 Å². The van der Waals surface area contributed by atoms with Crippen molar-refractivity contribution in [3.8, 4) is 11.5 Å². The molecule has 0 spiro atoms. The van der Waals surface area contributed by atoms with Gasteiger partial charge in [-0.1, -0.05) is 30.3 Å². The van der Waals surface area contributed by atoms with Gasteiger partial charge in [0.15, 0.2) is 0 Å². The molecule has 0 radical (unpaired) electrons. The number of aromatic hydroxyl groups is 1. The van der Waals surface area contributed by atoms with Crippen molar-refractivity contribution in [3.05, 3.63) is 87.6 Å². The van der Waals surface area contributed by atoms with E-state index in [9.17, 15) is 19.8 Å². The van der Waals surface area contributed by atoms with Crippen molar-refractivity contribution in [2.75, 3.05) is 0 Å². The second-order valence-electron chi connectivity index (χ2n) is 7.79. The molecule has 0 aliphatic carbocycles. The molecule has 164 valence electrons. The number of benzene rings is 2. The van der Waals surface area contributed by atoms with Crippen molar-refractivity contribution in [3.63, 3.8) is 0 Å². The molecule has 1 aromatic heterocycles. The van der Waals surface area contributed by atoms with Crippen molar-refractivity contribution in [1.82, 2.24) is 4.90 Å². The first kappa shape index (κ1) is 21.6. The van der Waals surface area contributed by atoms with Crippen LogP contribution in [0.4, 0.5) is 0 Å². The lowest BCUT2D eigenvalue weighted by Crippen LogP contribution is -2.28. The van der Waals surface area contributed by atoms with Crippen LogP contribution in [0.25, 0.3) is 5.76 Å². The average Bonchev–Trinajstić information content (AvgIpc) is 3.36. The molecule has 32 heavy (non-hydrogen) atoms. The van der Waals surface area contributed by atoms with Gasteiger partial charge >= 0.3 is 0 Å². The maximum atomic E-state index is 13.1. The van der Waals surface area contributed by atoms with Crippen LogP contribution in [-0.2, 0) is 16.1 Å². The number of rotatable bonds is 6. The zero-order chi connectivity index (χ0) is 22.8. The molecule has 1 fully saturated rings. The predicted molar refractivity (Wildman–Crippen MR) is 122 cm³/mol. The minimum atomic E-state index is -0.785. The number of likely N-dealkylation sites (tertiary alicyclic amines) is 1. The first-order valence-corrected chi connectivity index (χ1v) is 11.1.